The van der Waals surface area contributed by atoms with Gasteiger partial charge in [-0.3, -0.25) is 4.79 Å². The van der Waals surface area contributed by atoms with Crippen LogP contribution in [0.1, 0.15) is 11.1 Å². The van der Waals surface area contributed by atoms with Crippen LogP contribution in [0.25, 0.3) is 11.1 Å². The van der Waals surface area contributed by atoms with E-state index in [9.17, 15) is 26.4 Å². The van der Waals surface area contributed by atoms with Crippen molar-refractivity contribution in [3.63, 3.8) is 0 Å². The van der Waals surface area contributed by atoms with E-state index in [1.54, 1.807) is 30.3 Å². The lowest BCUT2D eigenvalue weighted by Gasteiger charge is -2.09. The van der Waals surface area contributed by atoms with Gasteiger partial charge in [0.05, 0.1) is 16.9 Å². The van der Waals surface area contributed by atoms with Gasteiger partial charge in [-0.05, 0) is 41.0 Å². The molecule has 0 saturated heterocycles. The first-order chi connectivity index (χ1) is 13.6. The zero-order chi connectivity index (χ0) is 21.1. The van der Waals surface area contributed by atoms with Gasteiger partial charge in [-0.1, -0.05) is 54.6 Å². The molecular formula is C21H16F3NO3S. The summed E-state index contributed by atoms with van der Waals surface area (Å²) in [5.74, 6) is -0.664. The predicted molar refractivity (Wildman–Crippen MR) is 102 cm³/mol. The second kappa shape index (κ2) is 8.08. The van der Waals surface area contributed by atoms with Gasteiger partial charge in [-0.15, -0.1) is 0 Å². The van der Waals surface area contributed by atoms with Crippen LogP contribution in [0, 0.1) is 0 Å². The first-order valence-corrected chi connectivity index (χ1v) is 10.0. The molecule has 3 aromatic rings. The fraction of sp³-hybridized carbons (Fsp3) is 0.0952. The molecule has 1 amide bonds. The molecule has 150 valence electrons. The van der Waals surface area contributed by atoms with Crippen molar-refractivity contribution < 1.29 is 26.4 Å². The number of alkyl halides is 3. The molecule has 0 bridgehead atoms. The quantitative estimate of drug-likeness (QED) is 0.666. The predicted octanol–water partition coefficient (Wildman–Crippen LogP) is 4.42. The summed E-state index contributed by atoms with van der Waals surface area (Å²) in [6.45, 7) is 0. The van der Waals surface area contributed by atoms with Gasteiger partial charge in [-0.2, -0.15) is 13.2 Å². The van der Waals surface area contributed by atoms with Crippen molar-refractivity contribution in [3.8, 4) is 11.1 Å². The highest BCUT2D eigenvalue weighted by atomic mass is 32.2. The lowest BCUT2D eigenvalue weighted by atomic mass is 10.0. The molecule has 0 heterocycles. The van der Waals surface area contributed by atoms with Crippen molar-refractivity contribution in [1.29, 1.82) is 0 Å². The van der Waals surface area contributed by atoms with Gasteiger partial charge < -0.3 is 0 Å². The summed E-state index contributed by atoms with van der Waals surface area (Å²) in [5, 5.41) is 0. The number of benzene rings is 3. The minimum absolute atomic E-state index is 0.0797. The number of carbonyl (C=O) groups is 1. The number of hydrogen-bond donors (Lipinski definition) is 1. The molecule has 0 radical (unpaired) electrons. The maximum Gasteiger partial charge on any atom is 0.416 e. The van der Waals surface area contributed by atoms with E-state index in [1.807, 2.05) is 4.72 Å². The van der Waals surface area contributed by atoms with Gasteiger partial charge in [0, 0.05) is 0 Å². The summed E-state index contributed by atoms with van der Waals surface area (Å²) in [6, 6.07) is 18.8. The van der Waals surface area contributed by atoms with E-state index in [-0.39, 0.29) is 11.3 Å². The Morgan fingerprint density at radius 3 is 1.83 bits per heavy atom. The van der Waals surface area contributed by atoms with Crippen LogP contribution < -0.4 is 4.72 Å². The Morgan fingerprint density at radius 2 is 1.31 bits per heavy atom. The minimum atomic E-state index is -4.42. The Balaban J connectivity index is 1.72. The van der Waals surface area contributed by atoms with Crippen LogP contribution in [0.4, 0.5) is 13.2 Å². The van der Waals surface area contributed by atoms with Crippen LogP contribution in [0.3, 0.4) is 0 Å². The van der Waals surface area contributed by atoms with Crippen LogP contribution in [-0.4, -0.2) is 14.3 Å². The Morgan fingerprint density at radius 1 is 0.793 bits per heavy atom. The number of carbonyl (C=O) groups excluding carboxylic acids is 1. The second-order valence-electron chi connectivity index (χ2n) is 6.29. The molecule has 0 fully saturated rings. The highest BCUT2D eigenvalue weighted by Crippen LogP contribution is 2.31. The molecule has 0 unspecified atom stereocenters. The number of rotatable bonds is 5. The summed E-state index contributed by atoms with van der Waals surface area (Å²) < 4.78 is 64.7. The van der Waals surface area contributed by atoms with E-state index in [0.717, 1.165) is 12.1 Å². The number of hydrogen-bond acceptors (Lipinski definition) is 3. The van der Waals surface area contributed by atoms with E-state index in [2.05, 4.69) is 0 Å². The Kier molecular flexibility index (Phi) is 5.74. The highest BCUT2D eigenvalue weighted by molar-refractivity contribution is 7.90. The Bertz CT molecular complexity index is 1090. The standard InChI is InChI=1S/C21H16F3NO3S/c22-21(23,24)18-10-6-16(7-11-18)17-8-12-19(13-9-17)29(27,28)25-20(26)14-15-4-2-1-3-5-15/h1-13H,14H2,(H,25,26). The molecule has 3 rings (SSSR count). The third kappa shape index (κ3) is 5.23. The van der Waals surface area contributed by atoms with Gasteiger partial charge >= 0.3 is 6.18 Å². The lowest BCUT2D eigenvalue weighted by molar-refractivity contribution is -0.137. The molecule has 0 aliphatic carbocycles. The molecule has 0 atom stereocenters. The van der Waals surface area contributed by atoms with Crippen LogP contribution >= 0.6 is 0 Å². The van der Waals surface area contributed by atoms with Crippen molar-refractivity contribution in [2.75, 3.05) is 0 Å². The SMILES string of the molecule is O=C(Cc1ccccc1)NS(=O)(=O)c1ccc(-c2ccc(C(F)(F)F)cc2)cc1. The van der Waals surface area contributed by atoms with Crippen molar-refractivity contribution in [2.24, 2.45) is 0 Å². The summed E-state index contributed by atoms with van der Waals surface area (Å²) in [7, 11) is -4.05. The number of halogens is 3. The summed E-state index contributed by atoms with van der Waals surface area (Å²) in [4.78, 5) is 11.9. The van der Waals surface area contributed by atoms with Crippen LogP contribution in [0.15, 0.2) is 83.8 Å². The monoisotopic (exact) mass is 419 g/mol. The number of sulfonamides is 1. The molecule has 3 aromatic carbocycles. The van der Waals surface area contributed by atoms with Gasteiger partial charge in [-0.25, -0.2) is 13.1 Å². The van der Waals surface area contributed by atoms with E-state index in [4.69, 9.17) is 0 Å². The molecule has 0 aliphatic heterocycles. The summed E-state index contributed by atoms with van der Waals surface area (Å²) in [6.07, 6.45) is -4.50. The van der Waals surface area contributed by atoms with Gasteiger partial charge in [0.1, 0.15) is 0 Å². The fourth-order valence-corrected chi connectivity index (χ4v) is 3.69. The molecular weight excluding hydrogens is 403 g/mol. The smallest absolute Gasteiger partial charge is 0.274 e. The van der Waals surface area contributed by atoms with Crippen molar-refractivity contribution in [3.05, 3.63) is 90.0 Å². The topological polar surface area (TPSA) is 63.2 Å². The largest absolute Gasteiger partial charge is 0.416 e. The fourth-order valence-electron chi connectivity index (χ4n) is 2.70. The maximum atomic E-state index is 12.6. The molecule has 1 N–H and O–H groups in total. The molecule has 8 heteroatoms. The van der Waals surface area contributed by atoms with Crippen LogP contribution in [0.5, 0.6) is 0 Å². The number of amides is 1. The average Bonchev–Trinajstić information content (AvgIpc) is 2.68. The minimum Gasteiger partial charge on any atom is -0.274 e. The summed E-state index contributed by atoms with van der Waals surface area (Å²) >= 11 is 0. The first kappa shape index (κ1) is 20.6. The maximum absolute atomic E-state index is 12.6. The average molecular weight is 419 g/mol. The van der Waals surface area contributed by atoms with E-state index in [1.165, 1.54) is 36.4 Å². The van der Waals surface area contributed by atoms with Gasteiger partial charge in [0.15, 0.2) is 0 Å². The van der Waals surface area contributed by atoms with Crippen LogP contribution in [-0.2, 0) is 27.4 Å². The normalized spacial score (nSPS) is 11.8. The zero-order valence-corrected chi connectivity index (χ0v) is 15.8. The summed E-state index contributed by atoms with van der Waals surface area (Å²) in [5.41, 5.74) is 0.975. The molecule has 0 aliphatic rings. The van der Waals surface area contributed by atoms with E-state index in [0.29, 0.717) is 16.7 Å². The molecule has 4 nitrogen and oxygen atoms in total. The zero-order valence-electron chi connectivity index (χ0n) is 15.0. The van der Waals surface area contributed by atoms with Crippen molar-refractivity contribution in [2.45, 2.75) is 17.5 Å². The lowest BCUT2D eigenvalue weighted by Crippen LogP contribution is -2.31. The molecule has 0 saturated carbocycles. The first-order valence-electron chi connectivity index (χ1n) is 8.52. The third-order valence-corrected chi connectivity index (χ3v) is 5.56. The highest BCUT2D eigenvalue weighted by Gasteiger charge is 2.30. The molecule has 0 spiro atoms. The van der Waals surface area contributed by atoms with E-state index >= 15 is 0 Å². The second-order valence-corrected chi connectivity index (χ2v) is 7.97. The van der Waals surface area contributed by atoms with E-state index < -0.39 is 27.7 Å². The van der Waals surface area contributed by atoms with Gasteiger partial charge in [0.2, 0.25) is 5.91 Å². The van der Waals surface area contributed by atoms with Crippen LogP contribution in [0.2, 0.25) is 0 Å². The van der Waals surface area contributed by atoms with Crippen molar-refractivity contribution >= 4 is 15.9 Å². The molecule has 0 aromatic heterocycles. The van der Waals surface area contributed by atoms with Crippen molar-refractivity contribution in [1.82, 2.24) is 4.72 Å². The Labute approximate surface area is 166 Å². The molecule has 29 heavy (non-hydrogen) atoms. The number of nitrogens with one attached hydrogen (secondary N) is 1. The van der Waals surface area contributed by atoms with Gasteiger partial charge in [0.25, 0.3) is 10.0 Å². The third-order valence-electron chi connectivity index (χ3n) is 4.17. The Hall–Kier alpha value is -3.13.